The number of aromatic nitrogens is 3. The quantitative estimate of drug-likeness (QED) is 0.866. The normalized spacial score (nSPS) is 16.3. The first-order valence-electron chi connectivity index (χ1n) is 8.17. The van der Waals surface area contributed by atoms with E-state index < -0.39 is 0 Å². The van der Waals surface area contributed by atoms with Crippen LogP contribution in [0, 0.1) is 0 Å². The highest BCUT2D eigenvalue weighted by molar-refractivity contribution is 6.30. The van der Waals surface area contributed by atoms with Gasteiger partial charge >= 0.3 is 0 Å². The maximum Gasteiger partial charge on any atom is 0.229 e. The van der Waals surface area contributed by atoms with Gasteiger partial charge in [0.25, 0.3) is 0 Å². The van der Waals surface area contributed by atoms with Crippen molar-refractivity contribution in [3.05, 3.63) is 40.7 Å². The molecule has 1 heterocycles. The van der Waals surface area contributed by atoms with E-state index in [-0.39, 0.29) is 11.5 Å². The fourth-order valence-electron chi connectivity index (χ4n) is 3.28. The highest BCUT2D eigenvalue weighted by Gasteiger charge is 2.35. The average molecular weight is 347 g/mol. The minimum Gasteiger partial charge on any atom is -0.368 e. The molecule has 0 spiro atoms. The molecule has 0 atom stereocenters. The van der Waals surface area contributed by atoms with E-state index in [9.17, 15) is 0 Å². The first-order valence-corrected chi connectivity index (χ1v) is 8.55. The molecule has 1 aliphatic rings. The number of benzene rings is 1. The van der Waals surface area contributed by atoms with Gasteiger partial charge < -0.3 is 16.0 Å². The molecule has 2 aromatic rings. The van der Waals surface area contributed by atoms with Gasteiger partial charge in [0.1, 0.15) is 5.82 Å². The predicted octanol–water partition coefficient (Wildman–Crippen LogP) is 2.73. The largest absolute Gasteiger partial charge is 0.368 e. The Bertz CT molecular complexity index is 712. The molecule has 7 heteroatoms. The number of nitrogens with two attached hydrogens (primary N) is 1. The Kier molecular flexibility index (Phi) is 4.87. The first kappa shape index (κ1) is 16.9. The number of hydrogen-bond acceptors (Lipinski definition) is 6. The molecule has 1 fully saturated rings. The standard InChI is InChI=1S/C17H23ClN6/c1-24(2)16-22-14(21-15(19)23-16)11-20-17(8-3-4-9-17)12-6-5-7-13(18)10-12/h5-7,10,20H,3-4,8-9,11H2,1-2H3,(H2,19,21,22,23). The van der Waals surface area contributed by atoms with Crippen LogP contribution in [0.15, 0.2) is 24.3 Å². The van der Waals surface area contributed by atoms with Crippen LogP contribution in [0.3, 0.4) is 0 Å². The van der Waals surface area contributed by atoms with Crippen LogP contribution >= 0.6 is 11.6 Å². The maximum atomic E-state index is 6.20. The fourth-order valence-corrected chi connectivity index (χ4v) is 3.47. The fraction of sp³-hybridized carbons (Fsp3) is 0.471. The highest BCUT2D eigenvalue weighted by Crippen LogP contribution is 2.39. The van der Waals surface area contributed by atoms with Crippen LogP contribution in [0.25, 0.3) is 0 Å². The molecule has 0 radical (unpaired) electrons. The summed E-state index contributed by atoms with van der Waals surface area (Å²) in [5.74, 6) is 1.47. The maximum absolute atomic E-state index is 6.20. The van der Waals surface area contributed by atoms with Gasteiger partial charge in [-0.1, -0.05) is 36.6 Å². The van der Waals surface area contributed by atoms with Crippen molar-refractivity contribution in [1.82, 2.24) is 20.3 Å². The summed E-state index contributed by atoms with van der Waals surface area (Å²) in [5, 5.41) is 4.43. The second-order valence-electron chi connectivity index (χ2n) is 6.46. The van der Waals surface area contributed by atoms with Gasteiger partial charge in [0.05, 0.1) is 6.54 Å². The van der Waals surface area contributed by atoms with E-state index in [1.807, 2.05) is 37.2 Å². The molecule has 0 bridgehead atoms. The van der Waals surface area contributed by atoms with Gasteiger partial charge in [0.2, 0.25) is 11.9 Å². The molecule has 128 valence electrons. The van der Waals surface area contributed by atoms with Gasteiger partial charge in [-0.2, -0.15) is 15.0 Å². The minimum atomic E-state index is -0.0788. The van der Waals surface area contributed by atoms with Crippen molar-refractivity contribution in [1.29, 1.82) is 0 Å². The summed E-state index contributed by atoms with van der Waals surface area (Å²) in [6.07, 6.45) is 4.55. The summed E-state index contributed by atoms with van der Waals surface area (Å²) in [4.78, 5) is 14.7. The summed E-state index contributed by atoms with van der Waals surface area (Å²) in [6, 6.07) is 8.10. The molecule has 24 heavy (non-hydrogen) atoms. The van der Waals surface area contributed by atoms with Gasteiger partial charge in [-0.25, -0.2) is 0 Å². The summed E-state index contributed by atoms with van der Waals surface area (Å²) < 4.78 is 0. The van der Waals surface area contributed by atoms with E-state index >= 15 is 0 Å². The molecule has 6 nitrogen and oxygen atoms in total. The molecule has 1 aliphatic carbocycles. The molecule has 3 N–H and O–H groups in total. The molecular formula is C17H23ClN6. The van der Waals surface area contributed by atoms with Crippen LogP contribution in [0.1, 0.15) is 37.1 Å². The van der Waals surface area contributed by atoms with Crippen molar-refractivity contribution in [2.45, 2.75) is 37.8 Å². The Labute approximate surface area is 147 Å². The van der Waals surface area contributed by atoms with E-state index in [1.54, 1.807) is 0 Å². The predicted molar refractivity (Wildman–Crippen MR) is 97.0 cm³/mol. The lowest BCUT2D eigenvalue weighted by atomic mass is 9.88. The number of nitrogens with zero attached hydrogens (tertiary/aromatic N) is 4. The van der Waals surface area contributed by atoms with Crippen molar-refractivity contribution in [3.63, 3.8) is 0 Å². The lowest BCUT2D eigenvalue weighted by Crippen LogP contribution is -2.40. The topological polar surface area (TPSA) is 80.0 Å². The molecule has 0 saturated heterocycles. The van der Waals surface area contributed by atoms with Gasteiger partial charge in [-0.3, -0.25) is 0 Å². The molecule has 1 aromatic carbocycles. The second kappa shape index (κ2) is 6.91. The summed E-state index contributed by atoms with van der Waals surface area (Å²) in [7, 11) is 3.77. The lowest BCUT2D eigenvalue weighted by Gasteiger charge is -2.31. The third-order valence-corrected chi connectivity index (χ3v) is 4.74. The van der Waals surface area contributed by atoms with Gasteiger partial charge in [-0.05, 0) is 30.5 Å². The third kappa shape index (κ3) is 3.60. The molecule has 0 unspecified atom stereocenters. The lowest BCUT2D eigenvalue weighted by molar-refractivity contribution is 0.334. The van der Waals surface area contributed by atoms with E-state index in [0.717, 1.165) is 17.9 Å². The SMILES string of the molecule is CN(C)c1nc(N)nc(CNC2(c3cccc(Cl)c3)CCCC2)n1. The molecule has 1 aromatic heterocycles. The van der Waals surface area contributed by atoms with Crippen LogP contribution in [-0.4, -0.2) is 29.0 Å². The number of nitrogen functional groups attached to an aromatic ring is 1. The number of halogens is 1. The zero-order valence-corrected chi connectivity index (χ0v) is 14.8. The van der Waals surface area contributed by atoms with E-state index in [0.29, 0.717) is 18.3 Å². The summed E-state index contributed by atoms with van der Waals surface area (Å²) in [6.45, 7) is 0.542. The Hall–Kier alpha value is -1.92. The first-order chi connectivity index (χ1) is 11.5. The number of hydrogen-bond donors (Lipinski definition) is 2. The van der Waals surface area contributed by atoms with E-state index in [4.69, 9.17) is 17.3 Å². The number of nitrogens with one attached hydrogen (secondary N) is 1. The molecule has 0 aliphatic heterocycles. The summed E-state index contributed by atoms with van der Waals surface area (Å²) >= 11 is 6.20. The Morgan fingerprint density at radius 3 is 2.62 bits per heavy atom. The van der Waals surface area contributed by atoms with Crippen LogP contribution in [0.4, 0.5) is 11.9 Å². The van der Waals surface area contributed by atoms with E-state index in [1.165, 1.54) is 18.4 Å². The van der Waals surface area contributed by atoms with Crippen molar-refractivity contribution >= 4 is 23.5 Å². The monoisotopic (exact) mass is 346 g/mol. The van der Waals surface area contributed by atoms with Gasteiger partial charge in [0.15, 0.2) is 0 Å². The number of rotatable bonds is 5. The smallest absolute Gasteiger partial charge is 0.229 e. The van der Waals surface area contributed by atoms with Crippen molar-refractivity contribution < 1.29 is 0 Å². The zero-order valence-electron chi connectivity index (χ0n) is 14.1. The Balaban J connectivity index is 1.83. The van der Waals surface area contributed by atoms with Crippen molar-refractivity contribution in [2.75, 3.05) is 24.7 Å². The highest BCUT2D eigenvalue weighted by atomic mass is 35.5. The van der Waals surface area contributed by atoms with Crippen LogP contribution < -0.4 is 16.0 Å². The van der Waals surface area contributed by atoms with Crippen molar-refractivity contribution in [3.8, 4) is 0 Å². The second-order valence-corrected chi connectivity index (χ2v) is 6.89. The Morgan fingerprint density at radius 2 is 1.96 bits per heavy atom. The van der Waals surface area contributed by atoms with Crippen LogP contribution in [0.2, 0.25) is 5.02 Å². The van der Waals surface area contributed by atoms with Crippen LogP contribution in [-0.2, 0) is 12.1 Å². The molecular weight excluding hydrogens is 324 g/mol. The van der Waals surface area contributed by atoms with Gasteiger partial charge in [0, 0.05) is 24.7 Å². The van der Waals surface area contributed by atoms with Crippen LogP contribution in [0.5, 0.6) is 0 Å². The third-order valence-electron chi connectivity index (χ3n) is 4.51. The molecule has 1 saturated carbocycles. The Morgan fingerprint density at radius 1 is 1.21 bits per heavy atom. The van der Waals surface area contributed by atoms with E-state index in [2.05, 4.69) is 26.3 Å². The number of anilines is 2. The molecule has 0 amide bonds. The minimum absolute atomic E-state index is 0.0788. The average Bonchev–Trinajstić information content (AvgIpc) is 3.03. The van der Waals surface area contributed by atoms with Crippen molar-refractivity contribution in [2.24, 2.45) is 0 Å². The summed E-state index contributed by atoms with van der Waals surface area (Å²) in [5.41, 5.74) is 6.96. The zero-order chi connectivity index (χ0) is 17.2. The molecule has 3 rings (SSSR count). The van der Waals surface area contributed by atoms with Gasteiger partial charge in [-0.15, -0.1) is 0 Å².